The van der Waals surface area contributed by atoms with Crippen molar-refractivity contribution in [3.8, 4) is 11.3 Å². The van der Waals surface area contributed by atoms with Gasteiger partial charge in [-0.05, 0) is 48.9 Å². The molecule has 0 radical (unpaired) electrons. The number of pyridine rings is 1. The SMILES string of the molecule is Cc1ccc(Cl)cc1-c1ccc([C@H]2[C@@H](c3ccccn3)N=C3S[C@@H](C)CN32)o1. The molecule has 3 aromatic rings. The van der Waals surface area contributed by atoms with E-state index in [1.165, 1.54) is 0 Å². The Balaban J connectivity index is 1.55. The van der Waals surface area contributed by atoms with Crippen molar-refractivity contribution in [2.24, 2.45) is 4.99 Å². The molecule has 28 heavy (non-hydrogen) atoms. The van der Waals surface area contributed by atoms with Crippen LogP contribution in [-0.2, 0) is 0 Å². The molecule has 2 aliphatic heterocycles. The van der Waals surface area contributed by atoms with Crippen LogP contribution >= 0.6 is 23.4 Å². The Hall–Kier alpha value is -2.24. The van der Waals surface area contributed by atoms with Crippen LogP contribution in [0.2, 0.25) is 5.02 Å². The molecular weight excluding hydrogens is 390 g/mol. The Morgan fingerprint density at radius 2 is 2.07 bits per heavy atom. The van der Waals surface area contributed by atoms with Gasteiger partial charge in [0.1, 0.15) is 23.6 Å². The summed E-state index contributed by atoms with van der Waals surface area (Å²) in [5.41, 5.74) is 3.14. The number of nitrogens with zero attached hydrogens (tertiary/aromatic N) is 3. The van der Waals surface area contributed by atoms with Crippen LogP contribution in [0.4, 0.5) is 0 Å². The first-order chi connectivity index (χ1) is 13.6. The van der Waals surface area contributed by atoms with Crippen molar-refractivity contribution < 1.29 is 4.42 Å². The van der Waals surface area contributed by atoms with Crippen LogP contribution in [0.5, 0.6) is 0 Å². The number of halogens is 1. The second-order valence-electron chi connectivity index (χ2n) is 7.30. The minimum absolute atomic E-state index is 0.0237. The molecule has 5 rings (SSSR count). The second-order valence-corrected chi connectivity index (χ2v) is 9.14. The molecule has 2 aromatic heterocycles. The summed E-state index contributed by atoms with van der Waals surface area (Å²) in [6.45, 7) is 5.27. The van der Waals surface area contributed by atoms with E-state index >= 15 is 0 Å². The number of hydrogen-bond acceptors (Lipinski definition) is 5. The number of benzene rings is 1. The van der Waals surface area contributed by atoms with Gasteiger partial charge in [-0.15, -0.1) is 0 Å². The monoisotopic (exact) mass is 409 g/mol. The summed E-state index contributed by atoms with van der Waals surface area (Å²) in [6.07, 6.45) is 1.83. The van der Waals surface area contributed by atoms with Crippen molar-refractivity contribution in [3.63, 3.8) is 0 Å². The number of amidine groups is 1. The number of rotatable bonds is 3. The van der Waals surface area contributed by atoms with Crippen molar-refractivity contribution in [3.05, 3.63) is 76.8 Å². The number of thioether (sulfide) groups is 1. The van der Waals surface area contributed by atoms with Gasteiger partial charge in [0.05, 0.1) is 5.69 Å². The third kappa shape index (κ3) is 3.03. The van der Waals surface area contributed by atoms with E-state index in [0.29, 0.717) is 10.3 Å². The minimum atomic E-state index is -0.0596. The molecule has 1 aromatic carbocycles. The van der Waals surface area contributed by atoms with Gasteiger partial charge >= 0.3 is 0 Å². The molecule has 0 N–H and O–H groups in total. The predicted octanol–water partition coefficient (Wildman–Crippen LogP) is 5.89. The zero-order valence-electron chi connectivity index (χ0n) is 15.7. The van der Waals surface area contributed by atoms with Gasteiger partial charge < -0.3 is 9.32 Å². The van der Waals surface area contributed by atoms with Crippen LogP contribution in [-0.4, -0.2) is 26.8 Å². The molecule has 0 saturated carbocycles. The Labute approximate surface area is 173 Å². The van der Waals surface area contributed by atoms with Crippen molar-refractivity contribution in [2.45, 2.75) is 31.2 Å². The maximum absolute atomic E-state index is 6.37. The van der Waals surface area contributed by atoms with Gasteiger partial charge in [0.15, 0.2) is 5.17 Å². The van der Waals surface area contributed by atoms with Crippen LogP contribution in [0.25, 0.3) is 11.3 Å². The number of aromatic nitrogens is 1. The van der Waals surface area contributed by atoms with Crippen molar-refractivity contribution >= 4 is 28.5 Å². The molecule has 1 saturated heterocycles. The van der Waals surface area contributed by atoms with Crippen LogP contribution < -0.4 is 0 Å². The van der Waals surface area contributed by atoms with Crippen molar-refractivity contribution in [1.82, 2.24) is 9.88 Å². The van der Waals surface area contributed by atoms with Crippen molar-refractivity contribution in [2.75, 3.05) is 6.54 Å². The van der Waals surface area contributed by atoms with Gasteiger partial charge in [-0.2, -0.15) is 0 Å². The summed E-state index contributed by atoms with van der Waals surface area (Å²) in [7, 11) is 0. The summed E-state index contributed by atoms with van der Waals surface area (Å²) in [5.74, 6) is 1.75. The molecule has 0 aliphatic carbocycles. The van der Waals surface area contributed by atoms with E-state index in [1.54, 1.807) is 0 Å². The van der Waals surface area contributed by atoms with E-state index in [2.05, 4.69) is 29.8 Å². The lowest BCUT2D eigenvalue weighted by molar-refractivity contribution is 0.277. The van der Waals surface area contributed by atoms with Crippen molar-refractivity contribution in [1.29, 1.82) is 0 Å². The number of fused-ring (bicyclic) bond motifs is 1. The normalized spacial score (nSPS) is 23.8. The summed E-state index contributed by atoms with van der Waals surface area (Å²) in [6, 6.07) is 16.0. The molecule has 0 spiro atoms. The third-order valence-electron chi connectivity index (χ3n) is 5.26. The molecule has 142 valence electrons. The second kappa shape index (κ2) is 6.98. The van der Waals surface area contributed by atoms with E-state index in [0.717, 1.165) is 40.1 Å². The fourth-order valence-corrected chi connectivity index (χ4v) is 5.21. The van der Waals surface area contributed by atoms with E-state index in [4.69, 9.17) is 21.0 Å². The van der Waals surface area contributed by atoms with Gasteiger partial charge in [0.2, 0.25) is 0 Å². The first kappa shape index (κ1) is 17.8. The fourth-order valence-electron chi connectivity index (χ4n) is 3.94. The average Bonchev–Trinajstić information content (AvgIpc) is 3.38. The lowest BCUT2D eigenvalue weighted by Crippen LogP contribution is -2.28. The van der Waals surface area contributed by atoms with Crippen LogP contribution in [0.3, 0.4) is 0 Å². The Morgan fingerprint density at radius 3 is 2.89 bits per heavy atom. The highest BCUT2D eigenvalue weighted by atomic mass is 35.5. The molecule has 0 bridgehead atoms. The third-order valence-corrected chi connectivity index (χ3v) is 6.60. The summed E-state index contributed by atoms with van der Waals surface area (Å²) in [4.78, 5) is 11.9. The summed E-state index contributed by atoms with van der Waals surface area (Å²) >= 11 is 8.04. The molecule has 0 amide bonds. The smallest absolute Gasteiger partial charge is 0.161 e. The maximum atomic E-state index is 6.37. The highest BCUT2D eigenvalue weighted by molar-refractivity contribution is 8.14. The maximum Gasteiger partial charge on any atom is 0.161 e. The average molecular weight is 410 g/mol. The molecule has 6 heteroatoms. The number of hydrogen-bond donors (Lipinski definition) is 0. The Kier molecular flexibility index (Phi) is 4.44. The Bertz CT molecular complexity index is 1050. The lowest BCUT2D eigenvalue weighted by atomic mass is 10.0. The predicted molar refractivity (Wildman–Crippen MR) is 115 cm³/mol. The first-order valence-electron chi connectivity index (χ1n) is 9.38. The molecule has 4 nitrogen and oxygen atoms in total. The molecule has 2 aliphatic rings. The zero-order valence-corrected chi connectivity index (χ0v) is 17.2. The quantitative estimate of drug-likeness (QED) is 0.540. The van der Waals surface area contributed by atoms with E-state index in [9.17, 15) is 0 Å². The van der Waals surface area contributed by atoms with Gasteiger partial charge in [0.25, 0.3) is 0 Å². The number of aryl methyl sites for hydroxylation is 1. The largest absolute Gasteiger partial charge is 0.459 e. The van der Waals surface area contributed by atoms with Gasteiger partial charge in [-0.3, -0.25) is 4.98 Å². The first-order valence-corrected chi connectivity index (χ1v) is 10.6. The Morgan fingerprint density at radius 1 is 1.18 bits per heavy atom. The highest BCUT2D eigenvalue weighted by Gasteiger charge is 2.45. The summed E-state index contributed by atoms with van der Waals surface area (Å²) in [5, 5.41) is 2.32. The number of aliphatic imine (C=N–C) groups is 1. The molecule has 1 fully saturated rings. The van der Waals surface area contributed by atoms with Crippen LogP contribution in [0.15, 0.2) is 64.1 Å². The van der Waals surface area contributed by atoms with Gasteiger partial charge in [0, 0.05) is 28.6 Å². The molecule has 0 unspecified atom stereocenters. The van der Waals surface area contributed by atoms with Crippen LogP contribution in [0, 0.1) is 6.92 Å². The zero-order chi connectivity index (χ0) is 19.3. The number of furan rings is 1. The highest BCUT2D eigenvalue weighted by Crippen LogP contribution is 2.48. The minimum Gasteiger partial charge on any atom is -0.459 e. The standard InChI is InChI=1S/C22H20ClN3OS/c1-13-6-7-15(23)11-16(13)18-8-9-19(27-18)21-20(17-5-3-4-10-24-17)25-22-26(21)12-14(2)28-22/h3-11,14,20-21H,12H2,1-2H3/t14-,20+,21-/m0/s1. The van der Waals surface area contributed by atoms with Gasteiger partial charge in [-0.1, -0.05) is 42.4 Å². The van der Waals surface area contributed by atoms with E-state index in [-0.39, 0.29) is 12.1 Å². The van der Waals surface area contributed by atoms with E-state index < -0.39 is 0 Å². The topological polar surface area (TPSA) is 41.6 Å². The summed E-state index contributed by atoms with van der Waals surface area (Å²) < 4.78 is 6.37. The molecule has 4 heterocycles. The van der Waals surface area contributed by atoms with Gasteiger partial charge in [-0.25, -0.2) is 4.99 Å². The molecular formula is C22H20ClN3OS. The van der Waals surface area contributed by atoms with E-state index in [1.807, 2.05) is 60.4 Å². The van der Waals surface area contributed by atoms with Crippen LogP contribution in [0.1, 0.15) is 36.0 Å². The lowest BCUT2D eigenvalue weighted by Gasteiger charge is -2.25. The fraction of sp³-hybridized carbons (Fsp3) is 0.273. The molecule has 3 atom stereocenters.